The van der Waals surface area contributed by atoms with Gasteiger partial charge in [0.05, 0.1) is 0 Å². The van der Waals surface area contributed by atoms with Gasteiger partial charge in [0, 0.05) is 19.6 Å². The molecule has 0 heterocycles. The molecule has 0 spiro atoms. The van der Waals surface area contributed by atoms with E-state index in [1.165, 1.54) is 25.7 Å². The third kappa shape index (κ3) is 4.03. The summed E-state index contributed by atoms with van der Waals surface area (Å²) in [6.45, 7) is 4.97. The molecule has 0 aromatic rings. The number of carbonyl (C=O) groups excluding carboxylic acids is 1. The average Bonchev–Trinajstić information content (AvgIpc) is 3.11. The summed E-state index contributed by atoms with van der Waals surface area (Å²) < 4.78 is 0. The highest BCUT2D eigenvalue weighted by Gasteiger charge is 2.31. The highest BCUT2D eigenvalue weighted by molar-refractivity contribution is 5.74. The van der Waals surface area contributed by atoms with Crippen molar-refractivity contribution in [1.82, 2.24) is 10.2 Å². The minimum atomic E-state index is 0.173. The van der Waals surface area contributed by atoms with Crippen molar-refractivity contribution >= 4 is 6.03 Å². The van der Waals surface area contributed by atoms with Gasteiger partial charge in [0.2, 0.25) is 0 Å². The Balaban J connectivity index is 1.71. The lowest BCUT2D eigenvalue weighted by Gasteiger charge is -2.23. The van der Waals surface area contributed by atoms with Crippen LogP contribution in [0, 0.1) is 11.8 Å². The van der Waals surface area contributed by atoms with E-state index in [1.807, 2.05) is 0 Å². The number of nitrogens with zero attached hydrogens (tertiary/aromatic N) is 1. The first-order valence-electron chi connectivity index (χ1n) is 6.82. The zero-order valence-corrected chi connectivity index (χ0v) is 10.4. The van der Waals surface area contributed by atoms with Gasteiger partial charge in [-0.2, -0.15) is 0 Å². The summed E-state index contributed by atoms with van der Waals surface area (Å²) in [7, 11) is 0. The van der Waals surface area contributed by atoms with Crippen LogP contribution < -0.4 is 5.32 Å². The number of rotatable bonds is 7. The van der Waals surface area contributed by atoms with Crippen molar-refractivity contribution in [3.05, 3.63) is 0 Å². The Morgan fingerprint density at radius 1 is 1.19 bits per heavy atom. The van der Waals surface area contributed by atoms with E-state index in [4.69, 9.17) is 0 Å². The van der Waals surface area contributed by atoms with Crippen molar-refractivity contribution < 1.29 is 4.79 Å². The van der Waals surface area contributed by atoms with Crippen molar-refractivity contribution in [3.8, 4) is 0 Å². The van der Waals surface area contributed by atoms with E-state index in [9.17, 15) is 4.79 Å². The Bertz CT molecular complexity index is 220. The van der Waals surface area contributed by atoms with Gasteiger partial charge >= 0.3 is 6.03 Å². The lowest BCUT2D eigenvalue weighted by molar-refractivity contribution is 0.192. The number of hydrogen-bond acceptors (Lipinski definition) is 1. The predicted octanol–water partition coefficient (Wildman–Crippen LogP) is 2.62. The number of hydrogen-bond donors (Lipinski definition) is 1. The van der Waals surface area contributed by atoms with E-state index in [0.717, 1.165) is 44.3 Å². The molecule has 0 bridgehead atoms. The lowest BCUT2D eigenvalue weighted by Crippen LogP contribution is -2.42. The Hall–Kier alpha value is -0.730. The molecule has 2 rings (SSSR count). The lowest BCUT2D eigenvalue weighted by atomic mass is 10.3. The predicted molar refractivity (Wildman–Crippen MR) is 65.3 cm³/mol. The molecule has 0 aromatic carbocycles. The molecule has 2 fully saturated rings. The van der Waals surface area contributed by atoms with Crippen LogP contribution in [0.2, 0.25) is 0 Å². The van der Waals surface area contributed by atoms with Gasteiger partial charge < -0.3 is 10.2 Å². The second-order valence-corrected chi connectivity index (χ2v) is 5.38. The normalized spacial score (nSPS) is 19.6. The fourth-order valence-corrected chi connectivity index (χ4v) is 1.95. The van der Waals surface area contributed by atoms with Crippen LogP contribution in [0.1, 0.15) is 45.4 Å². The molecule has 2 aliphatic rings. The second kappa shape index (κ2) is 5.55. The molecule has 16 heavy (non-hydrogen) atoms. The second-order valence-electron chi connectivity index (χ2n) is 5.38. The molecule has 0 unspecified atom stereocenters. The van der Waals surface area contributed by atoms with Crippen molar-refractivity contribution in [1.29, 1.82) is 0 Å². The molecular weight excluding hydrogens is 200 g/mol. The van der Waals surface area contributed by atoms with Gasteiger partial charge in [0.15, 0.2) is 0 Å². The molecular formula is C13H24N2O. The van der Waals surface area contributed by atoms with Gasteiger partial charge in [0.25, 0.3) is 0 Å². The molecule has 0 radical (unpaired) electrons. The number of nitrogens with one attached hydrogen (secondary N) is 1. The van der Waals surface area contributed by atoms with Crippen LogP contribution in [0.25, 0.3) is 0 Å². The summed E-state index contributed by atoms with van der Waals surface area (Å²) >= 11 is 0. The molecule has 0 atom stereocenters. The first-order chi connectivity index (χ1) is 7.79. The molecule has 2 amide bonds. The molecule has 3 nitrogen and oxygen atoms in total. The topological polar surface area (TPSA) is 32.3 Å². The zero-order valence-electron chi connectivity index (χ0n) is 10.4. The molecule has 2 aliphatic carbocycles. The maximum absolute atomic E-state index is 12.0. The van der Waals surface area contributed by atoms with Crippen LogP contribution in [0.4, 0.5) is 4.79 Å². The van der Waals surface area contributed by atoms with E-state index in [-0.39, 0.29) is 6.03 Å². The minimum Gasteiger partial charge on any atom is -0.338 e. The largest absolute Gasteiger partial charge is 0.338 e. The summed E-state index contributed by atoms with van der Waals surface area (Å²) in [5.74, 6) is 1.60. The smallest absolute Gasteiger partial charge is 0.317 e. The van der Waals surface area contributed by atoms with Crippen molar-refractivity contribution in [3.63, 3.8) is 0 Å². The third-order valence-electron chi connectivity index (χ3n) is 3.44. The van der Waals surface area contributed by atoms with Gasteiger partial charge in [-0.1, -0.05) is 13.3 Å². The van der Waals surface area contributed by atoms with E-state index >= 15 is 0 Å². The summed E-state index contributed by atoms with van der Waals surface area (Å²) in [6, 6.07) is 0.173. The Kier molecular flexibility index (Phi) is 4.08. The van der Waals surface area contributed by atoms with E-state index < -0.39 is 0 Å². The highest BCUT2D eigenvalue weighted by Crippen LogP contribution is 2.33. The van der Waals surface area contributed by atoms with Crippen molar-refractivity contribution in [2.45, 2.75) is 45.4 Å². The van der Waals surface area contributed by atoms with Crippen LogP contribution in [-0.2, 0) is 0 Å². The Labute approximate surface area is 98.6 Å². The summed E-state index contributed by atoms with van der Waals surface area (Å²) in [5.41, 5.74) is 0. The fourth-order valence-electron chi connectivity index (χ4n) is 1.95. The summed E-state index contributed by atoms with van der Waals surface area (Å²) in [4.78, 5) is 14.0. The molecule has 0 aromatic heterocycles. The molecule has 3 heteroatoms. The molecule has 0 aliphatic heterocycles. The summed E-state index contributed by atoms with van der Waals surface area (Å²) in [6.07, 6.45) is 7.53. The first-order valence-corrected chi connectivity index (χ1v) is 6.82. The van der Waals surface area contributed by atoms with E-state index in [2.05, 4.69) is 17.1 Å². The molecule has 0 saturated heterocycles. The highest BCUT2D eigenvalue weighted by atomic mass is 16.2. The Morgan fingerprint density at radius 3 is 2.19 bits per heavy atom. The first kappa shape index (κ1) is 11.7. The van der Waals surface area contributed by atoms with Crippen molar-refractivity contribution in [2.75, 3.05) is 19.6 Å². The minimum absolute atomic E-state index is 0.173. The number of amides is 2. The molecule has 92 valence electrons. The van der Waals surface area contributed by atoms with Crippen molar-refractivity contribution in [2.24, 2.45) is 11.8 Å². The average molecular weight is 224 g/mol. The van der Waals surface area contributed by atoms with Gasteiger partial charge in [-0.3, -0.25) is 0 Å². The molecule has 2 saturated carbocycles. The standard InChI is InChI=1S/C13H24N2O/c1-2-3-8-14-13(16)15(9-11-4-5-11)10-12-6-7-12/h11-12H,2-10H2,1H3,(H,14,16). The maximum Gasteiger partial charge on any atom is 0.317 e. The monoisotopic (exact) mass is 224 g/mol. The van der Waals surface area contributed by atoms with Crippen LogP contribution >= 0.6 is 0 Å². The van der Waals surface area contributed by atoms with Gasteiger partial charge in [-0.25, -0.2) is 4.79 Å². The van der Waals surface area contributed by atoms with Gasteiger partial charge in [0.1, 0.15) is 0 Å². The van der Waals surface area contributed by atoms with E-state index in [1.54, 1.807) is 0 Å². The number of urea groups is 1. The van der Waals surface area contributed by atoms with Gasteiger partial charge in [-0.15, -0.1) is 0 Å². The zero-order chi connectivity index (χ0) is 11.4. The quantitative estimate of drug-likeness (QED) is 0.662. The molecule has 1 N–H and O–H groups in total. The fraction of sp³-hybridized carbons (Fsp3) is 0.923. The third-order valence-corrected chi connectivity index (χ3v) is 3.44. The SMILES string of the molecule is CCCCNC(=O)N(CC1CC1)CC1CC1. The number of unbranched alkanes of at least 4 members (excludes halogenated alkanes) is 1. The van der Waals surface area contributed by atoms with E-state index in [0.29, 0.717) is 0 Å². The summed E-state index contributed by atoms with van der Waals surface area (Å²) in [5, 5.41) is 3.04. The van der Waals surface area contributed by atoms with Crippen LogP contribution in [0.3, 0.4) is 0 Å². The van der Waals surface area contributed by atoms with Gasteiger partial charge in [-0.05, 0) is 43.9 Å². The van der Waals surface area contributed by atoms with Crippen LogP contribution in [0.15, 0.2) is 0 Å². The van der Waals surface area contributed by atoms with Crippen LogP contribution in [-0.4, -0.2) is 30.6 Å². The Morgan fingerprint density at radius 2 is 1.75 bits per heavy atom. The maximum atomic E-state index is 12.0. The number of carbonyl (C=O) groups is 1. The van der Waals surface area contributed by atoms with Crippen LogP contribution in [0.5, 0.6) is 0 Å².